The average molecular weight is 286 g/mol. The Balaban J connectivity index is 1.63. The fourth-order valence-corrected chi connectivity index (χ4v) is 4.07. The molecule has 1 aliphatic carbocycles. The first kappa shape index (κ1) is 15.1. The molecule has 1 saturated heterocycles. The molecule has 2 atom stereocenters. The highest BCUT2D eigenvalue weighted by Crippen LogP contribution is 2.33. The van der Waals surface area contributed by atoms with Gasteiger partial charge >= 0.3 is 0 Å². The number of benzene rings is 1. The predicted octanol–water partition coefficient (Wildman–Crippen LogP) is 3.57. The molecular formula is C19H30N2. The molecule has 2 unspecified atom stereocenters. The summed E-state index contributed by atoms with van der Waals surface area (Å²) in [6.07, 6.45) is 6.76. The molecule has 1 N–H and O–H groups in total. The Kier molecular flexibility index (Phi) is 4.97. The van der Waals surface area contributed by atoms with E-state index in [0.29, 0.717) is 6.04 Å². The molecule has 2 nitrogen and oxygen atoms in total. The number of hydrogen-bond donors (Lipinski definition) is 1. The van der Waals surface area contributed by atoms with Crippen LogP contribution in [0.4, 0.5) is 0 Å². The molecule has 116 valence electrons. The Morgan fingerprint density at radius 2 is 2.05 bits per heavy atom. The average Bonchev–Trinajstić information content (AvgIpc) is 2.93. The molecule has 1 aromatic rings. The summed E-state index contributed by atoms with van der Waals surface area (Å²) in [7, 11) is 0. The van der Waals surface area contributed by atoms with E-state index in [1.165, 1.54) is 45.2 Å². The zero-order valence-electron chi connectivity index (χ0n) is 13.6. The highest BCUT2D eigenvalue weighted by Gasteiger charge is 2.29. The molecule has 0 aromatic heterocycles. The van der Waals surface area contributed by atoms with Gasteiger partial charge in [-0.1, -0.05) is 38.1 Å². The first-order valence-corrected chi connectivity index (χ1v) is 8.79. The van der Waals surface area contributed by atoms with Gasteiger partial charge in [0.1, 0.15) is 0 Å². The second kappa shape index (κ2) is 6.93. The standard InChI is InChI=1S/C19H30N2/c1-15(2)20-13-18-10-6-12-21(18)14-17-9-5-8-16-7-3-4-11-19(16)17/h3-4,7,11,15,17-18,20H,5-6,8-10,12-14H2,1-2H3. The summed E-state index contributed by atoms with van der Waals surface area (Å²) in [6.45, 7) is 8.21. The quantitative estimate of drug-likeness (QED) is 0.890. The molecule has 1 fully saturated rings. The summed E-state index contributed by atoms with van der Waals surface area (Å²) in [5.74, 6) is 0.759. The fraction of sp³-hybridized carbons (Fsp3) is 0.684. The van der Waals surface area contributed by atoms with Gasteiger partial charge in [-0.25, -0.2) is 0 Å². The van der Waals surface area contributed by atoms with Gasteiger partial charge in [0.25, 0.3) is 0 Å². The lowest BCUT2D eigenvalue weighted by Crippen LogP contribution is -2.42. The Bertz CT molecular complexity index is 455. The molecular weight excluding hydrogens is 256 g/mol. The van der Waals surface area contributed by atoms with Crippen molar-refractivity contribution in [2.75, 3.05) is 19.6 Å². The fourth-order valence-electron chi connectivity index (χ4n) is 4.07. The highest BCUT2D eigenvalue weighted by atomic mass is 15.2. The van der Waals surface area contributed by atoms with Crippen LogP contribution < -0.4 is 5.32 Å². The van der Waals surface area contributed by atoms with E-state index in [9.17, 15) is 0 Å². The van der Waals surface area contributed by atoms with Crippen LogP contribution in [0.25, 0.3) is 0 Å². The second-order valence-electron chi connectivity index (χ2n) is 7.14. The van der Waals surface area contributed by atoms with Gasteiger partial charge in [0, 0.05) is 25.2 Å². The Labute approximate surface area is 129 Å². The zero-order valence-corrected chi connectivity index (χ0v) is 13.6. The minimum atomic E-state index is 0.600. The van der Waals surface area contributed by atoms with Crippen molar-refractivity contribution in [2.45, 2.75) is 64.0 Å². The molecule has 0 amide bonds. The van der Waals surface area contributed by atoms with Crippen LogP contribution in [-0.2, 0) is 6.42 Å². The van der Waals surface area contributed by atoms with E-state index in [1.807, 2.05) is 0 Å². The predicted molar refractivity (Wildman–Crippen MR) is 89.9 cm³/mol. The SMILES string of the molecule is CC(C)NCC1CCCN1CC1CCCc2ccccc21. The lowest BCUT2D eigenvalue weighted by atomic mass is 9.82. The van der Waals surface area contributed by atoms with Crippen LogP contribution in [0, 0.1) is 0 Å². The maximum absolute atomic E-state index is 3.63. The number of nitrogens with one attached hydrogen (secondary N) is 1. The van der Waals surface area contributed by atoms with E-state index in [2.05, 4.69) is 48.3 Å². The minimum absolute atomic E-state index is 0.600. The maximum atomic E-state index is 3.63. The zero-order chi connectivity index (χ0) is 14.7. The first-order valence-electron chi connectivity index (χ1n) is 8.79. The van der Waals surface area contributed by atoms with Crippen molar-refractivity contribution >= 4 is 0 Å². The monoisotopic (exact) mass is 286 g/mol. The molecule has 0 bridgehead atoms. The summed E-state index contributed by atoms with van der Waals surface area (Å²) in [4.78, 5) is 2.75. The van der Waals surface area contributed by atoms with Gasteiger partial charge < -0.3 is 5.32 Å². The lowest BCUT2D eigenvalue weighted by Gasteiger charge is -2.33. The van der Waals surface area contributed by atoms with Crippen LogP contribution in [0.1, 0.15) is 56.6 Å². The maximum Gasteiger partial charge on any atom is 0.0221 e. The first-order chi connectivity index (χ1) is 10.2. The highest BCUT2D eigenvalue weighted by molar-refractivity contribution is 5.32. The number of aryl methyl sites for hydroxylation is 1. The van der Waals surface area contributed by atoms with Crippen molar-refractivity contribution in [1.82, 2.24) is 10.2 Å². The van der Waals surface area contributed by atoms with Crippen LogP contribution in [0.2, 0.25) is 0 Å². The topological polar surface area (TPSA) is 15.3 Å². The molecule has 0 spiro atoms. The minimum Gasteiger partial charge on any atom is -0.313 e. The van der Waals surface area contributed by atoms with Crippen molar-refractivity contribution in [2.24, 2.45) is 0 Å². The van der Waals surface area contributed by atoms with Crippen LogP contribution in [-0.4, -0.2) is 36.6 Å². The molecule has 21 heavy (non-hydrogen) atoms. The molecule has 2 heteroatoms. The molecule has 2 aliphatic rings. The summed E-state index contributed by atoms with van der Waals surface area (Å²) in [6, 6.07) is 10.5. The largest absolute Gasteiger partial charge is 0.313 e. The molecule has 1 aliphatic heterocycles. The Morgan fingerprint density at radius 1 is 1.19 bits per heavy atom. The third kappa shape index (κ3) is 3.67. The van der Waals surface area contributed by atoms with Crippen molar-refractivity contribution in [3.05, 3.63) is 35.4 Å². The van der Waals surface area contributed by atoms with Gasteiger partial charge in [-0.15, -0.1) is 0 Å². The van der Waals surface area contributed by atoms with Gasteiger partial charge in [-0.05, 0) is 55.7 Å². The van der Waals surface area contributed by atoms with Gasteiger partial charge in [-0.3, -0.25) is 4.90 Å². The van der Waals surface area contributed by atoms with E-state index in [4.69, 9.17) is 0 Å². The van der Waals surface area contributed by atoms with Crippen molar-refractivity contribution in [3.63, 3.8) is 0 Å². The van der Waals surface area contributed by atoms with E-state index in [0.717, 1.165) is 18.5 Å². The van der Waals surface area contributed by atoms with Crippen molar-refractivity contribution in [3.8, 4) is 0 Å². The van der Waals surface area contributed by atoms with Crippen molar-refractivity contribution in [1.29, 1.82) is 0 Å². The third-order valence-electron chi connectivity index (χ3n) is 5.21. The number of likely N-dealkylation sites (tertiary alicyclic amines) is 1. The van der Waals surface area contributed by atoms with Crippen LogP contribution in [0.15, 0.2) is 24.3 Å². The van der Waals surface area contributed by atoms with E-state index in [-0.39, 0.29) is 0 Å². The smallest absolute Gasteiger partial charge is 0.0221 e. The summed E-state index contributed by atoms with van der Waals surface area (Å²) in [5.41, 5.74) is 3.23. The van der Waals surface area contributed by atoms with E-state index < -0.39 is 0 Å². The molecule has 1 heterocycles. The van der Waals surface area contributed by atoms with Gasteiger partial charge in [-0.2, -0.15) is 0 Å². The van der Waals surface area contributed by atoms with Crippen LogP contribution in [0.3, 0.4) is 0 Å². The Hall–Kier alpha value is -0.860. The molecule has 0 saturated carbocycles. The molecule has 0 radical (unpaired) electrons. The number of fused-ring (bicyclic) bond motifs is 1. The molecule has 1 aromatic carbocycles. The third-order valence-corrected chi connectivity index (χ3v) is 5.21. The van der Waals surface area contributed by atoms with Crippen LogP contribution in [0.5, 0.6) is 0 Å². The lowest BCUT2D eigenvalue weighted by molar-refractivity contribution is 0.222. The van der Waals surface area contributed by atoms with Crippen LogP contribution >= 0.6 is 0 Å². The number of hydrogen-bond acceptors (Lipinski definition) is 2. The van der Waals surface area contributed by atoms with E-state index >= 15 is 0 Å². The number of nitrogens with zero attached hydrogens (tertiary/aromatic N) is 1. The normalized spacial score (nSPS) is 26.2. The Morgan fingerprint density at radius 3 is 2.90 bits per heavy atom. The number of rotatable bonds is 5. The van der Waals surface area contributed by atoms with Gasteiger partial charge in [0.15, 0.2) is 0 Å². The molecule has 3 rings (SSSR count). The van der Waals surface area contributed by atoms with Crippen molar-refractivity contribution < 1.29 is 0 Å². The summed E-state index contributed by atoms with van der Waals surface area (Å²) < 4.78 is 0. The van der Waals surface area contributed by atoms with Gasteiger partial charge in [0.05, 0.1) is 0 Å². The summed E-state index contributed by atoms with van der Waals surface area (Å²) in [5, 5.41) is 3.63. The van der Waals surface area contributed by atoms with E-state index in [1.54, 1.807) is 11.1 Å². The van der Waals surface area contributed by atoms with Gasteiger partial charge in [0.2, 0.25) is 0 Å². The summed E-state index contributed by atoms with van der Waals surface area (Å²) >= 11 is 0. The second-order valence-corrected chi connectivity index (χ2v) is 7.14.